The zero-order valence-electron chi connectivity index (χ0n) is 4.89. The second-order valence-electron chi connectivity index (χ2n) is 2.18. The highest BCUT2D eigenvalue weighted by Gasteiger charge is 2.03. The first kappa shape index (κ1) is 5.54. The molecule has 0 aliphatic heterocycles. The molecule has 0 nitrogen and oxygen atoms in total. The van der Waals surface area contributed by atoms with Crippen LogP contribution in [-0.2, 0) is 0 Å². The second kappa shape index (κ2) is 2.12. The van der Waals surface area contributed by atoms with Gasteiger partial charge in [-0.3, -0.25) is 0 Å². The lowest BCUT2D eigenvalue weighted by Crippen LogP contribution is -1.92. The van der Waals surface area contributed by atoms with Gasteiger partial charge in [-0.1, -0.05) is 19.1 Å². The van der Waals surface area contributed by atoms with E-state index >= 15 is 0 Å². The average Bonchev–Trinajstić information content (AvgIpc) is 1.64. The molecule has 1 heteroatoms. The van der Waals surface area contributed by atoms with Gasteiger partial charge in [0.1, 0.15) is 5.83 Å². The Hall–Kier alpha value is -0.590. The van der Waals surface area contributed by atoms with Gasteiger partial charge in [0, 0.05) is 6.42 Å². The minimum atomic E-state index is 0.000000000000000222. The quantitative estimate of drug-likeness (QED) is 0.451. The summed E-state index contributed by atoms with van der Waals surface area (Å²) >= 11 is 0. The summed E-state index contributed by atoms with van der Waals surface area (Å²) in [5, 5.41) is 0. The van der Waals surface area contributed by atoms with Crippen molar-refractivity contribution >= 4 is 0 Å². The fourth-order valence-corrected chi connectivity index (χ4v) is 0.793. The van der Waals surface area contributed by atoms with Gasteiger partial charge in [-0.25, -0.2) is 4.39 Å². The summed E-state index contributed by atoms with van der Waals surface area (Å²) in [7, 11) is 0. The van der Waals surface area contributed by atoms with Gasteiger partial charge in [0.2, 0.25) is 0 Å². The summed E-state index contributed by atoms with van der Waals surface area (Å²) in [4.78, 5) is 0. The molecule has 8 heavy (non-hydrogen) atoms. The van der Waals surface area contributed by atoms with E-state index in [1.54, 1.807) is 6.08 Å². The molecular weight excluding hydrogens is 103 g/mol. The predicted molar refractivity (Wildman–Crippen MR) is 32.1 cm³/mol. The SMILES string of the molecule is C[C@@H]1C=CC=C(F)C1. The molecule has 0 saturated carbocycles. The normalized spacial score (nSPS) is 27.8. The molecule has 0 unspecified atom stereocenters. The molecule has 0 heterocycles. The molecule has 1 aliphatic rings. The van der Waals surface area contributed by atoms with Gasteiger partial charge in [-0.15, -0.1) is 0 Å². The molecule has 0 aromatic carbocycles. The molecule has 0 aromatic rings. The van der Waals surface area contributed by atoms with Crippen LogP contribution in [0.3, 0.4) is 0 Å². The van der Waals surface area contributed by atoms with E-state index in [1.807, 2.05) is 13.0 Å². The fraction of sp³-hybridized carbons (Fsp3) is 0.429. The summed E-state index contributed by atoms with van der Waals surface area (Å²) in [6, 6.07) is 0. The molecule has 0 bridgehead atoms. The molecule has 0 fully saturated rings. The predicted octanol–water partition coefficient (Wildman–Crippen LogP) is 2.44. The van der Waals surface area contributed by atoms with E-state index in [0.29, 0.717) is 12.3 Å². The Kier molecular flexibility index (Phi) is 1.47. The molecule has 44 valence electrons. The maximum Gasteiger partial charge on any atom is 0.100 e. The lowest BCUT2D eigenvalue weighted by Gasteiger charge is -2.05. The third-order valence-corrected chi connectivity index (χ3v) is 1.23. The highest BCUT2D eigenvalue weighted by atomic mass is 19.1. The highest BCUT2D eigenvalue weighted by Crippen LogP contribution is 2.17. The second-order valence-corrected chi connectivity index (χ2v) is 2.18. The van der Waals surface area contributed by atoms with Gasteiger partial charge in [0.15, 0.2) is 0 Å². The van der Waals surface area contributed by atoms with Gasteiger partial charge in [-0.2, -0.15) is 0 Å². The van der Waals surface area contributed by atoms with E-state index in [-0.39, 0.29) is 5.83 Å². The topological polar surface area (TPSA) is 0 Å². The van der Waals surface area contributed by atoms with E-state index in [9.17, 15) is 4.39 Å². The Labute approximate surface area is 48.7 Å². The van der Waals surface area contributed by atoms with Crippen LogP contribution in [0.2, 0.25) is 0 Å². The van der Waals surface area contributed by atoms with Gasteiger partial charge in [0.05, 0.1) is 0 Å². The monoisotopic (exact) mass is 112 g/mol. The van der Waals surface area contributed by atoms with Crippen molar-refractivity contribution in [3.63, 3.8) is 0 Å². The van der Waals surface area contributed by atoms with Crippen molar-refractivity contribution in [3.05, 3.63) is 24.1 Å². The Bertz CT molecular complexity index is 133. The fourth-order valence-electron chi connectivity index (χ4n) is 0.793. The van der Waals surface area contributed by atoms with E-state index in [2.05, 4.69) is 0 Å². The number of hydrogen-bond acceptors (Lipinski definition) is 0. The third kappa shape index (κ3) is 1.19. The largest absolute Gasteiger partial charge is 0.212 e. The minimum Gasteiger partial charge on any atom is -0.212 e. The Balaban J connectivity index is 2.59. The Morgan fingerprint density at radius 3 is 2.88 bits per heavy atom. The van der Waals surface area contributed by atoms with Crippen LogP contribution in [0.15, 0.2) is 24.1 Å². The van der Waals surface area contributed by atoms with Crippen molar-refractivity contribution in [2.24, 2.45) is 5.92 Å². The van der Waals surface area contributed by atoms with Gasteiger partial charge >= 0.3 is 0 Å². The van der Waals surface area contributed by atoms with Crippen LogP contribution >= 0.6 is 0 Å². The lowest BCUT2D eigenvalue weighted by atomic mass is 10.0. The number of halogens is 1. The molecule has 1 rings (SSSR count). The summed E-state index contributed by atoms with van der Waals surface area (Å²) < 4.78 is 12.2. The third-order valence-electron chi connectivity index (χ3n) is 1.23. The number of allylic oxidation sites excluding steroid dienone is 4. The number of rotatable bonds is 0. The van der Waals surface area contributed by atoms with E-state index in [1.165, 1.54) is 6.08 Å². The van der Waals surface area contributed by atoms with Crippen molar-refractivity contribution in [1.82, 2.24) is 0 Å². The van der Waals surface area contributed by atoms with Gasteiger partial charge in [-0.05, 0) is 12.0 Å². The number of hydrogen-bond donors (Lipinski definition) is 0. The molecule has 1 aliphatic carbocycles. The maximum absolute atomic E-state index is 12.2. The van der Waals surface area contributed by atoms with Crippen LogP contribution < -0.4 is 0 Å². The molecule has 0 spiro atoms. The molecule has 0 saturated heterocycles. The highest BCUT2D eigenvalue weighted by molar-refractivity contribution is 5.14. The van der Waals surface area contributed by atoms with Crippen LogP contribution in [0.5, 0.6) is 0 Å². The van der Waals surface area contributed by atoms with Crippen molar-refractivity contribution < 1.29 is 4.39 Å². The van der Waals surface area contributed by atoms with Crippen molar-refractivity contribution in [3.8, 4) is 0 Å². The summed E-state index contributed by atoms with van der Waals surface area (Å²) in [5.41, 5.74) is 0. The first-order valence-corrected chi connectivity index (χ1v) is 2.82. The van der Waals surface area contributed by atoms with Crippen LogP contribution in [0, 0.1) is 5.92 Å². The van der Waals surface area contributed by atoms with Crippen LogP contribution in [0.1, 0.15) is 13.3 Å². The van der Waals surface area contributed by atoms with Crippen molar-refractivity contribution in [1.29, 1.82) is 0 Å². The van der Waals surface area contributed by atoms with Crippen molar-refractivity contribution in [2.75, 3.05) is 0 Å². The van der Waals surface area contributed by atoms with E-state index < -0.39 is 0 Å². The van der Waals surface area contributed by atoms with Crippen molar-refractivity contribution in [2.45, 2.75) is 13.3 Å². The molecule has 0 N–H and O–H groups in total. The minimum absolute atomic E-state index is 0.000000000000000222. The lowest BCUT2D eigenvalue weighted by molar-refractivity contribution is 0.535. The Morgan fingerprint density at radius 1 is 1.75 bits per heavy atom. The molecule has 1 atom stereocenters. The van der Waals surface area contributed by atoms with Crippen LogP contribution in [0.25, 0.3) is 0 Å². The molecule has 0 aromatic heterocycles. The smallest absolute Gasteiger partial charge is 0.100 e. The summed E-state index contributed by atoms with van der Waals surface area (Å²) in [6.07, 6.45) is 5.86. The molecule has 0 amide bonds. The zero-order valence-corrected chi connectivity index (χ0v) is 4.89. The maximum atomic E-state index is 12.2. The van der Waals surface area contributed by atoms with Gasteiger partial charge < -0.3 is 0 Å². The Morgan fingerprint density at radius 2 is 2.50 bits per heavy atom. The summed E-state index contributed by atoms with van der Waals surface area (Å²) in [6.45, 7) is 2.00. The standard InChI is InChI=1S/C7H9F/c1-6-3-2-4-7(8)5-6/h2-4,6H,5H2,1H3/t6-/m1/s1. The van der Waals surface area contributed by atoms with E-state index in [4.69, 9.17) is 0 Å². The average molecular weight is 112 g/mol. The van der Waals surface area contributed by atoms with Gasteiger partial charge in [0.25, 0.3) is 0 Å². The van der Waals surface area contributed by atoms with Crippen LogP contribution in [-0.4, -0.2) is 0 Å². The van der Waals surface area contributed by atoms with Crippen LogP contribution in [0.4, 0.5) is 4.39 Å². The molecule has 0 radical (unpaired) electrons. The molecular formula is C7H9F. The first-order valence-electron chi connectivity index (χ1n) is 2.82. The summed E-state index contributed by atoms with van der Waals surface area (Å²) in [5.74, 6) is 0.389. The first-order chi connectivity index (χ1) is 3.79. The zero-order chi connectivity index (χ0) is 5.98. The van der Waals surface area contributed by atoms with E-state index in [0.717, 1.165) is 0 Å².